The minimum Gasteiger partial charge on any atom is -0.394 e. The van der Waals surface area contributed by atoms with Crippen molar-refractivity contribution in [3.8, 4) is 0 Å². The Kier molecular flexibility index (Phi) is 5.48. The van der Waals surface area contributed by atoms with Crippen molar-refractivity contribution in [3.05, 3.63) is 30.1 Å². The van der Waals surface area contributed by atoms with Gasteiger partial charge in [-0.2, -0.15) is 0 Å². The van der Waals surface area contributed by atoms with Gasteiger partial charge in [0.1, 0.15) is 0 Å². The minimum absolute atomic E-state index is 0.0290. The number of hydrogen-bond donors (Lipinski definition) is 1. The second-order valence-electron chi connectivity index (χ2n) is 6.64. The van der Waals surface area contributed by atoms with Gasteiger partial charge in [-0.3, -0.25) is 9.78 Å². The molecule has 2 fully saturated rings. The maximum absolute atomic E-state index is 12.8. The van der Waals surface area contributed by atoms with E-state index in [9.17, 15) is 4.79 Å². The average molecular weight is 334 g/mol. The first-order chi connectivity index (χ1) is 11.7. The van der Waals surface area contributed by atoms with E-state index in [1.54, 1.807) is 19.5 Å². The zero-order valence-electron chi connectivity index (χ0n) is 14.2. The van der Waals surface area contributed by atoms with Crippen LogP contribution in [0, 0.1) is 0 Å². The lowest BCUT2D eigenvalue weighted by molar-refractivity contribution is -0.141. The zero-order chi connectivity index (χ0) is 17.0. The highest BCUT2D eigenvalue weighted by atomic mass is 16.5. The molecule has 1 aromatic heterocycles. The normalized spacial score (nSPS) is 29.5. The Morgan fingerprint density at radius 3 is 2.92 bits per heavy atom. The predicted octanol–water partition coefficient (Wildman–Crippen LogP) is 1.17. The van der Waals surface area contributed by atoms with Crippen molar-refractivity contribution < 1.29 is 19.4 Å². The van der Waals surface area contributed by atoms with Gasteiger partial charge < -0.3 is 19.5 Å². The maximum Gasteiger partial charge on any atom is 0.227 e. The molecule has 0 bridgehead atoms. The highest BCUT2D eigenvalue weighted by Gasteiger charge is 2.52. The minimum atomic E-state index is -0.243. The molecule has 3 atom stereocenters. The van der Waals surface area contributed by atoms with Crippen LogP contribution in [0.3, 0.4) is 0 Å². The van der Waals surface area contributed by atoms with Crippen LogP contribution in [0.1, 0.15) is 31.2 Å². The molecule has 1 aliphatic heterocycles. The van der Waals surface area contributed by atoms with Crippen molar-refractivity contribution in [2.75, 3.05) is 26.9 Å². The summed E-state index contributed by atoms with van der Waals surface area (Å²) in [6.45, 7) is 1.11. The van der Waals surface area contributed by atoms with Crippen molar-refractivity contribution in [2.45, 2.75) is 49.9 Å². The van der Waals surface area contributed by atoms with Crippen LogP contribution in [0.2, 0.25) is 0 Å². The number of carbonyl (C=O) groups is 1. The third kappa shape index (κ3) is 3.45. The molecule has 1 N–H and O–H groups in total. The van der Waals surface area contributed by atoms with Crippen LogP contribution >= 0.6 is 0 Å². The number of aliphatic hydroxyl groups is 1. The number of methoxy groups -OCH3 is 1. The van der Waals surface area contributed by atoms with Gasteiger partial charge in [0.15, 0.2) is 0 Å². The number of hydrogen-bond acceptors (Lipinski definition) is 5. The van der Waals surface area contributed by atoms with E-state index in [0.717, 1.165) is 37.8 Å². The Hall–Kier alpha value is -1.50. The summed E-state index contributed by atoms with van der Waals surface area (Å²) in [7, 11) is 1.75. The van der Waals surface area contributed by atoms with E-state index in [0.29, 0.717) is 13.0 Å². The van der Waals surface area contributed by atoms with Gasteiger partial charge in [0, 0.05) is 26.0 Å². The number of likely N-dealkylation sites (tertiary alicyclic amines) is 1. The summed E-state index contributed by atoms with van der Waals surface area (Å²) in [6, 6.07) is 3.81. The van der Waals surface area contributed by atoms with Crippen LogP contribution in [0.25, 0.3) is 0 Å². The van der Waals surface area contributed by atoms with Crippen molar-refractivity contribution >= 4 is 5.91 Å². The monoisotopic (exact) mass is 334 g/mol. The quantitative estimate of drug-likeness (QED) is 0.845. The SMILES string of the molecule is CO[C@@]12CCC(OCCO)CC1N(C(=O)Cc1ccncc1)CC2. The Morgan fingerprint density at radius 2 is 2.21 bits per heavy atom. The third-order valence-electron chi connectivity index (χ3n) is 5.41. The van der Waals surface area contributed by atoms with Gasteiger partial charge in [0.25, 0.3) is 0 Å². The van der Waals surface area contributed by atoms with Crippen LogP contribution in [0.15, 0.2) is 24.5 Å². The summed E-state index contributed by atoms with van der Waals surface area (Å²) >= 11 is 0. The number of pyridine rings is 1. The molecule has 1 amide bonds. The van der Waals surface area contributed by atoms with Crippen LogP contribution in [-0.2, 0) is 20.7 Å². The molecule has 0 spiro atoms. The number of rotatable bonds is 6. The molecular weight excluding hydrogens is 308 g/mol. The second kappa shape index (κ2) is 7.59. The van der Waals surface area contributed by atoms with E-state index in [1.165, 1.54) is 0 Å². The molecule has 1 aliphatic carbocycles. The first kappa shape index (κ1) is 17.3. The molecule has 1 aromatic rings. The average Bonchev–Trinajstić information content (AvgIpc) is 3.00. The predicted molar refractivity (Wildman–Crippen MR) is 88.5 cm³/mol. The van der Waals surface area contributed by atoms with Gasteiger partial charge in [-0.15, -0.1) is 0 Å². The number of nitrogens with zero attached hydrogens (tertiary/aromatic N) is 2. The van der Waals surface area contributed by atoms with Crippen molar-refractivity contribution in [3.63, 3.8) is 0 Å². The van der Waals surface area contributed by atoms with E-state index >= 15 is 0 Å². The summed E-state index contributed by atoms with van der Waals surface area (Å²) in [6.07, 6.45) is 7.36. The van der Waals surface area contributed by atoms with E-state index in [-0.39, 0.29) is 30.3 Å². The van der Waals surface area contributed by atoms with Crippen LogP contribution < -0.4 is 0 Å². The highest BCUT2D eigenvalue weighted by Crippen LogP contribution is 2.43. The molecule has 3 rings (SSSR count). The lowest BCUT2D eigenvalue weighted by Gasteiger charge is -2.43. The first-order valence-corrected chi connectivity index (χ1v) is 8.64. The molecule has 1 saturated carbocycles. The van der Waals surface area contributed by atoms with Gasteiger partial charge in [-0.1, -0.05) is 0 Å². The molecule has 2 heterocycles. The highest BCUT2D eigenvalue weighted by molar-refractivity contribution is 5.79. The molecule has 1 saturated heterocycles. The summed E-state index contributed by atoms with van der Waals surface area (Å²) in [5, 5.41) is 8.97. The largest absolute Gasteiger partial charge is 0.394 e. The van der Waals surface area contributed by atoms with E-state index in [2.05, 4.69) is 4.98 Å². The van der Waals surface area contributed by atoms with Gasteiger partial charge in [-0.25, -0.2) is 0 Å². The molecular formula is C18H26N2O4. The summed E-state index contributed by atoms with van der Waals surface area (Å²) in [4.78, 5) is 18.8. The van der Waals surface area contributed by atoms with Crippen molar-refractivity contribution in [1.82, 2.24) is 9.88 Å². The van der Waals surface area contributed by atoms with Gasteiger partial charge in [-0.05, 0) is 43.4 Å². The Labute approximate surface area is 142 Å². The standard InChI is InChI=1S/C18H26N2O4/c1-23-18-5-2-15(24-11-10-21)13-16(18)20(9-6-18)17(22)12-14-3-7-19-8-4-14/h3-4,7-8,15-16,21H,2,5-6,9-13H2,1H3/t15?,16?,18-/m1/s1. The molecule has 0 aromatic carbocycles. The van der Waals surface area contributed by atoms with Crippen LogP contribution in [-0.4, -0.2) is 65.5 Å². The van der Waals surface area contributed by atoms with Gasteiger partial charge in [0.05, 0.1) is 37.4 Å². The lowest BCUT2D eigenvalue weighted by atomic mass is 9.79. The summed E-state index contributed by atoms with van der Waals surface area (Å²) in [5.41, 5.74) is 0.737. The van der Waals surface area contributed by atoms with Crippen molar-refractivity contribution in [2.24, 2.45) is 0 Å². The van der Waals surface area contributed by atoms with Gasteiger partial charge in [0.2, 0.25) is 5.91 Å². The zero-order valence-corrected chi connectivity index (χ0v) is 14.2. The van der Waals surface area contributed by atoms with E-state index in [4.69, 9.17) is 14.6 Å². The maximum atomic E-state index is 12.8. The summed E-state index contributed by atoms with van der Waals surface area (Å²) in [5.74, 6) is 0.132. The van der Waals surface area contributed by atoms with E-state index < -0.39 is 0 Å². The topological polar surface area (TPSA) is 71.9 Å². The molecule has 2 unspecified atom stereocenters. The molecule has 6 nitrogen and oxygen atoms in total. The number of aliphatic hydroxyl groups excluding tert-OH is 1. The fourth-order valence-electron chi connectivity index (χ4n) is 4.11. The van der Waals surface area contributed by atoms with Gasteiger partial charge >= 0.3 is 0 Å². The Bertz CT molecular complexity index is 553. The fraction of sp³-hybridized carbons (Fsp3) is 0.667. The van der Waals surface area contributed by atoms with E-state index in [1.807, 2.05) is 17.0 Å². The Balaban J connectivity index is 1.70. The second-order valence-corrected chi connectivity index (χ2v) is 6.64. The number of ether oxygens (including phenoxy) is 2. The van der Waals surface area contributed by atoms with Crippen LogP contribution in [0.4, 0.5) is 0 Å². The van der Waals surface area contributed by atoms with Crippen LogP contribution in [0.5, 0.6) is 0 Å². The number of aromatic nitrogens is 1. The summed E-state index contributed by atoms with van der Waals surface area (Å²) < 4.78 is 11.6. The molecule has 132 valence electrons. The first-order valence-electron chi connectivity index (χ1n) is 8.64. The third-order valence-corrected chi connectivity index (χ3v) is 5.41. The number of fused-ring (bicyclic) bond motifs is 1. The van der Waals surface area contributed by atoms with Crippen molar-refractivity contribution in [1.29, 1.82) is 0 Å². The molecule has 6 heteroatoms. The smallest absolute Gasteiger partial charge is 0.227 e. The molecule has 24 heavy (non-hydrogen) atoms. The lowest BCUT2D eigenvalue weighted by Crippen LogP contribution is -2.53. The Morgan fingerprint density at radius 1 is 1.42 bits per heavy atom. The molecule has 2 aliphatic rings. The number of amides is 1. The fourth-order valence-corrected chi connectivity index (χ4v) is 4.11. The molecule has 0 radical (unpaired) electrons. The number of carbonyl (C=O) groups excluding carboxylic acids is 1.